The summed E-state index contributed by atoms with van der Waals surface area (Å²) in [7, 11) is -0.581. The zero-order valence-electron chi connectivity index (χ0n) is 7.91. The van der Waals surface area contributed by atoms with Crippen molar-refractivity contribution in [2.75, 3.05) is 13.2 Å². The smallest absolute Gasteiger partial charge is 0.519 e. The summed E-state index contributed by atoms with van der Waals surface area (Å²) in [6.07, 6.45) is 3.23. The van der Waals surface area contributed by atoms with Crippen LogP contribution in [0.15, 0.2) is 12.8 Å². The molecule has 0 heterocycles. The van der Waals surface area contributed by atoms with Gasteiger partial charge in [-0.25, -0.2) is 0 Å². The molecule has 0 saturated carbocycles. The summed E-state index contributed by atoms with van der Waals surface area (Å²) in [4.78, 5) is 0. The Bertz CT molecular complexity index is 100. The van der Waals surface area contributed by atoms with E-state index in [-0.39, 0.29) is 0 Å². The van der Waals surface area contributed by atoms with E-state index in [0.717, 1.165) is 12.8 Å². The summed E-state index contributed by atoms with van der Waals surface area (Å²) in [6.45, 7) is 8.78. The zero-order valence-corrected chi connectivity index (χ0v) is 7.91. The van der Waals surface area contributed by atoms with Crippen molar-refractivity contribution in [2.24, 2.45) is 0 Å². The minimum Gasteiger partial charge on any atom is -0.519 e. The first kappa shape index (κ1) is 11.5. The molecule has 0 spiro atoms. The molecular formula is C8H17BO3. The number of hydrogen-bond donors (Lipinski definition) is 0. The summed E-state index contributed by atoms with van der Waals surface area (Å²) in [6, 6.07) is 0. The maximum Gasteiger partial charge on any atom is 0.712 e. The molecule has 0 aromatic heterocycles. The maximum absolute atomic E-state index is 5.22. The van der Waals surface area contributed by atoms with Crippen molar-refractivity contribution >= 4 is 7.32 Å². The van der Waals surface area contributed by atoms with Gasteiger partial charge in [0.2, 0.25) is 0 Å². The van der Waals surface area contributed by atoms with E-state index < -0.39 is 7.32 Å². The van der Waals surface area contributed by atoms with Crippen LogP contribution in [0.4, 0.5) is 0 Å². The molecule has 0 saturated heterocycles. The molecule has 12 heavy (non-hydrogen) atoms. The molecule has 0 atom stereocenters. The Labute approximate surface area is 74.9 Å². The third-order valence-electron chi connectivity index (χ3n) is 1.12. The average Bonchev–Trinajstić information content (AvgIpc) is 2.10. The first-order valence-electron chi connectivity index (χ1n) is 4.34. The molecule has 0 aliphatic rings. The monoisotopic (exact) mass is 172 g/mol. The molecule has 0 aliphatic heterocycles. The highest BCUT2D eigenvalue weighted by Gasteiger charge is 2.20. The fraction of sp³-hybridized carbons (Fsp3) is 0.750. The van der Waals surface area contributed by atoms with Crippen molar-refractivity contribution in [1.82, 2.24) is 0 Å². The van der Waals surface area contributed by atoms with Crippen LogP contribution in [-0.2, 0) is 14.0 Å². The minimum atomic E-state index is -0.581. The van der Waals surface area contributed by atoms with E-state index >= 15 is 0 Å². The molecule has 0 aliphatic carbocycles. The van der Waals surface area contributed by atoms with Crippen LogP contribution in [0.2, 0.25) is 0 Å². The lowest BCUT2D eigenvalue weighted by molar-refractivity contribution is 0.126. The molecule has 0 bridgehead atoms. The zero-order chi connectivity index (χ0) is 9.23. The van der Waals surface area contributed by atoms with Crippen molar-refractivity contribution in [3.63, 3.8) is 0 Å². The highest BCUT2D eigenvalue weighted by molar-refractivity contribution is 6.36. The van der Waals surface area contributed by atoms with Crippen LogP contribution in [-0.4, -0.2) is 20.5 Å². The molecule has 0 amide bonds. The third-order valence-corrected chi connectivity index (χ3v) is 1.12. The summed E-state index contributed by atoms with van der Waals surface area (Å²) in [5.74, 6) is 0. The van der Waals surface area contributed by atoms with Crippen molar-refractivity contribution in [3.8, 4) is 0 Å². The van der Waals surface area contributed by atoms with Crippen LogP contribution >= 0.6 is 0 Å². The van der Waals surface area contributed by atoms with Gasteiger partial charge in [0.15, 0.2) is 0 Å². The standard InChI is InChI=1S/C8H17BO3/c1-4-7-11-9(10-6-3)12-8-5-2/h6H,3-5,7-8H2,1-2H3. The van der Waals surface area contributed by atoms with Gasteiger partial charge in [-0.15, -0.1) is 0 Å². The van der Waals surface area contributed by atoms with Crippen LogP contribution in [0.1, 0.15) is 26.7 Å². The topological polar surface area (TPSA) is 27.7 Å². The van der Waals surface area contributed by atoms with E-state index in [0.29, 0.717) is 13.2 Å². The van der Waals surface area contributed by atoms with E-state index in [4.69, 9.17) is 14.0 Å². The lowest BCUT2D eigenvalue weighted by Gasteiger charge is -2.10. The number of hydrogen-bond acceptors (Lipinski definition) is 3. The van der Waals surface area contributed by atoms with Crippen LogP contribution < -0.4 is 0 Å². The van der Waals surface area contributed by atoms with Crippen LogP contribution in [0.3, 0.4) is 0 Å². The first-order valence-corrected chi connectivity index (χ1v) is 4.34. The largest absolute Gasteiger partial charge is 0.712 e. The normalized spacial score (nSPS) is 9.50. The highest BCUT2D eigenvalue weighted by Crippen LogP contribution is 1.95. The van der Waals surface area contributed by atoms with Crippen LogP contribution in [0.25, 0.3) is 0 Å². The van der Waals surface area contributed by atoms with Gasteiger partial charge in [0, 0.05) is 13.2 Å². The van der Waals surface area contributed by atoms with Crippen molar-refractivity contribution < 1.29 is 14.0 Å². The van der Waals surface area contributed by atoms with Gasteiger partial charge < -0.3 is 14.0 Å². The van der Waals surface area contributed by atoms with Gasteiger partial charge in [0.05, 0.1) is 6.26 Å². The predicted molar refractivity (Wildman–Crippen MR) is 49.5 cm³/mol. The Morgan fingerprint density at radius 1 is 1.17 bits per heavy atom. The molecule has 0 fully saturated rings. The van der Waals surface area contributed by atoms with Gasteiger partial charge in [0.25, 0.3) is 0 Å². The highest BCUT2D eigenvalue weighted by atomic mass is 16.7. The second-order valence-electron chi connectivity index (χ2n) is 2.33. The Balaban J connectivity index is 3.46. The van der Waals surface area contributed by atoms with E-state index in [9.17, 15) is 0 Å². The minimum absolute atomic E-state index is 0.581. The average molecular weight is 172 g/mol. The van der Waals surface area contributed by atoms with Gasteiger partial charge in [0.1, 0.15) is 0 Å². The van der Waals surface area contributed by atoms with Gasteiger partial charge in [-0.2, -0.15) is 0 Å². The lowest BCUT2D eigenvalue weighted by Crippen LogP contribution is -2.25. The fourth-order valence-corrected chi connectivity index (χ4v) is 0.633. The Morgan fingerprint density at radius 2 is 1.67 bits per heavy atom. The predicted octanol–water partition coefficient (Wildman–Crippen LogP) is 1.98. The number of rotatable bonds is 8. The first-order chi connectivity index (χ1) is 5.85. The molecule has 0 N–H and O–H groups in total. The maximum atomic E-state index is 5.22. The lowest BCUT2D eigenvalue weighted by atomic mass is 10.2. The fourth-order valence-electron chi connectivity index (χ4n) is 0.633. The van der Waals surface area contributed by atoms with Gasteiger partial charge >= 0.3 is 7.32 Å². The van der Waals surface area contributed by atoms with Crippen LogP contribution in [0.5, 0.6) is 0 Å². The summed E-state index contributed by atoms with van der Waals surface area (Å²) >= 11 is 0. The van der Waals surface area contributed by atoms with Crippen molar-refractivity contribution in [2.45, 2.75) is 26.7 Å². The molecule has 70 valence electrons. The molecule has 0 unspecified atom stereocenters. The summed E-state index contributed by atoms with van der Waals surface area (Å²) in [5, 5.41) is 0. The van der Waals surface area contributed by atoms with Gasteiger partial charge in [-0.05, 0) is 12.8 Å². The van der Waals surface area contributed by atoms with Gasteiger partial charge in [-0.1, -0.05) is 20.4 Å². The van der Waals surface area contributed by atoms with Crippen molar-refractivity contribution in [1.29, 1.82) is 0 Å². The van der Waals surface area contributed by atoms with E-state index in [1.807, 2.05) is 13.8 Å². The summed E-state index contributed by atoms with van der Waals surface area (Å²) < 4.78 is 15.4. The van der Waals surface area contributed by atoms with E-state index in [2.05, 4.69) is 6.58 Å². The Morgan fingerprint density at radius 3 is 2.00 bits per heavy atom. The molecule has 4 heteroatoms. The molecular weight excluding hydrogens is 155 g/mol. The van der Waals surface area contributed by atoms with E-state index in [1.165, 1.54) is 6.26 Å². The summed E-state index contributed by atoms with van der Waals surface area (Å²) in [5.41, 5.74) is 0. The Hall–Kier alpha value is -0.475. The molecule has 3 nitrogen and oxygen atoms in total. The molecule has 0 radical (unpaired) electrons. The van der Waals surface area contributed by atoms with Crippen molar-refractivity contribution in [3.05, 3.63) is 12.8 Å². The van der Waals surface area contributed by atoms with Gasteiger partial charge in [-0.3, -0.25) is 0 Å². The van der Waals surface area contributed by atoms with Crippen LogP contribution in [0, 0.1) is 0 Å². The Kier molecular flexibility index (Phi) is 8.28. The molecule has 0 aromatic carbocycles. The van der Waals surface area contributed by atoms with E-state index in [1.54, 1.807) is 0 Å². The molecule has 0 aromatic rings. The second kappa shape index (κ2) is 8.62. The SMILES string of the molecule is C=COB(OCCC)OCCC. The third kappa shape index (κ3) is 6.25. The molecule has 0 rings (SSSR count). The quantitative estimate of drug-likeness (QED) is 0.413. The second-order valence-corrected chi connectivity index (χ2v) is 2.33.